The molecule has 0 aliphatic carbocycles. The highest BCUT2D eigenvalue weighted by Crippen LogP contribution is 2.15. The van der Waals surface area contributed by atoms with Gasteiger partial charge in [-0.25, -0.2) is 4.98 Å². The maximum atomic E-state index is 4.73. The minimum atomic E-state index is 0.803. The molecule has 0 atom stereocenters. The van der Waals surface area contributed by atoms with Crippen LogP contribution in [0.15, 0.2) is 5.38 Å². The summed E-state index contributed by atoms with van der Waals surface area (Å²) < 4.78 is 0. The third kappa shape index (κ3) is 3.34. The molecule has 0 aromatic carbocycles. The summed E-state index contributed by atoms with van der Waals surface area (Å²) in [6.07, 6.45) is 2.33. The van der Waals surface area contributed by atoms with Crippen LogP contribution in [0.4, 0.5) is 0 Å². The van der Waals surface area contributed by atoms with Crippen molar-refractivity contribution < 1.29 is 0 Å². The Kier molecular flexibility index (Phi) is 4.48. The average molecular weight is 280 g/mol. The summed E-state index contributed by atoms with van der Waals surface area (Å²) in [5.41, 5.74) is 1.27. The molecule has 2 saturated heterocycles. The number of thiazole rings is 1. The first-order valence-electron chi connectivity index (χ1n) is 7.45. The molecule has 0 spiro atoms. The molecule has 106 valence electrons. The monoisotopic (exact) mass is 280 g/mol. The van der Waals surface area contributed by atoms with Crippen molar-refractivity contribution in [1.29, 1.82) is 0 Å². The van der Waals surface area contributed by atoms with Gasteiger partial charge in [0.05, 0.1) is 10.7 Å². The zero-order valence-corrected chi connectivity index (χ0v) is 12.6. The third-order valence-electron chi connectivity index (χ3n) is 4.13. The van der Waals surface area contributed by atoms with Gasteiger partial charge in [0.25, 0.3) is 0 Å². The number of rotatable bonds is 5. The summed E-state index contributed by atoms with van der Waals surface area (Å²) in [5.74, 6) is 0. The average Bonchev–Trinajstić information content (AvgIpc) is 2.78. The Balaban J connectivity index is 1.45. The van der Waals surface area contributed by atoms with Crippen LogP contribution in [0.2, 0.25) is 0 Å². The summed E-state index contributed by atoms with van der Waals surface area (Å²) in [4.78, 5) is 9.91. The first-order valence-corrected chi connectivity index (χ1v) is 8.33. The van der Waals surface area contributed by atoms with Crippen LogP contribution in [0.5, 0.6) is 0 Å². The van der Waals surface area contributed by atoms with Crippen LogP contribution < -0.4 is 5.32 Å². The van der Waals surface area contributed by atoms with Gasteiger partial charge in [-0.1, -0.05) is 6.92 Å². The van der Waals surface area contributed by atoms with Crippen LogP contribution in [-0.2, 0) is 13.0 Å². The summed E-state index contributed by atoms with van der Waals surface area (Å²) in [7, 11) is 0. The molecule has 0 unspecified atom stereocenters. The first-order chi connectivity index (χ1) is 9.35. The maximum absolute atomic E-state index is 4.73. The second-order valence-electron chi connectivity index (χ2n) is 5.61. The van der Waals surface area contributed by atoms with Crippen molar-refractivity contribution in [2.24, 2.45) is 0 Å². The zero-order chi connectivity index (χ0) is 13.1. The van der Waals surface area contributed by atoms with E-state index < -0.39 is 0 Å². The van der Waals surface area contributed by atoms with Crippen LogP contribution in [0.25, 0.3) is 0 Å². The van der Waals surface area contributed by atoms with Crippen LogP contribution in [0.3, 0.4) is 0 Å². The molecular formula is C14H24N4S. The number of nitrogens with one attached hydrogen (secondary N) is 1. The van der Waals surface area contributed by atoms with E-state index in [2.05, 4.69) is 27.4 Å². The number of aryl methyl sites for hydroxylation is 1. The van der Waals surface area contributed by atoms with Crippen molar-refractivity contribution in [2.45, 2.75) is 32.4 Å². The van der Waals surface area contributed by atoms with Crippen molar-refractivity contribution in [3.63, 3.8) is 0 Å². The standard InChI is InChI=1S/C14H24N4S/c1-2-3-14-16-12(11-19-14)10-17-4-6-18(7-5-17)13-8-15-9-13/h11,13,15H,2-10H2,1H3. The molecule has 1 N–H and O–H groups in total. The van der Waals surface area contributed by atoms with Crippen molar-refractivity contribution in [3.8, 4) is 0 Å². The molecule has 0 amide bonds. The van der Waals surface area contributed by atoms with Crippen LogP contribution in [0, 0.1) is 0 Å². The molecule has 0 bridgehead atoms. The Morgan fingerprint density at radius 2 is 2.11 bits per heavy atom. The molecule has 2 aliphatic heterocycles. The lowest BCUT2D eigenvalue weighted by atomic mass is 10.1. The molecule has 3 rings (SSSR count). The van der Waals surface area contributed by atoms with Gasteiger partial charge in [0.15, 0.2) is 0 Å². The Labute approximate surface area is 119 Å². The van der Waals surface area contributed by atoms with Gasteiger partial charge in [-0.2, -0.15) is 0 Å². The molecule has 0 saturated carbocycles. The normalized spacial score (nSPS) is 22.6. The molecule has 5 heteroatoms. The van der Waals surface area contributed by atoms with Gasteiger partial charge in [-0.15, -0.1) is 11.3 Å². The van der Waals surface area contributed by atoms with Gasteiger partial charge in [-0.05, 0) is 12.8 Å². The van der Waals surface area contributed by atoms with E-state index in [1.807, 2.05) is 11.3 Å². The molecule has 0 radical (unpaired) electrons. The summed E-state index contributed by atoms with van der Waals surface area (Å²) >= 11 is 1.82. The molecule has 3 heterocycles. The minimum Gasteiger partial charge on any atom is -0.314 e. The lowest BCUT2D eigenvalue weighted by Crippen LogP contribution is -2.61. The van der Waals surface area contributed by atoms with Gasteiger partial charge in [0.1, 0.15) is 0 Å². The first kappa shape index (κ1) is 13.5. The van der Waals surface area contributed by atoms with E-state index in [-0.39, 0.29) is 0 Å². The van der Waals surface area contributed by atoms with Crippen molar-refractivity contribution in [1.82, 2.24) is 20.1 Å². The van der Waals surface area contributed by atoms with E-state index in [0.29, 0.717) is 0 Å². The second-order valence-corrected chi connectivity index (χ2v) is 6.55. The zero-order valence-electron chi connectivity index (χ0n) is 11.8. The van der Waals surface area contributed by atoms with Crippen molar-refractivity contribution >= 4 is 11.3 Å². The number of hydrogen-bond donors (Lipinski definition) is 1. The predicted octanol–water partition coefficient (Wildman–Crippen LogP) is 1.19. The minimum absolute atomic E-state index is 0.803. The summed E-state index contributed by atoms with van der Waals surface area (Å²) in [6, 6.07) is 0.803. The fraction of sp³-hybridized carbons (Fsp3) is 0.786. The fourth-order valence-corrected chi connectivity index (χ4v) is 3.69. The van der Waals surface area contributed by atoms with E-state index in [0.717, 1.165) is 19.0 Å². The Hall–Kier alpha value is -0.490. The smallest absolute Gasteiger partial charge is 0.0928 e. The van der Waals surface area contributed by atoms with Crippen molar-refractivity contribution in [2.75, 3.05) is 39.3 Å². The highest BCUT2D eigenvalue weighted by atomic mass is 32.1. The Morgan fingerprint density at radius 3 is 2.74 bits per heavy atom. The van der Waals surface area contributed by atoms with Crippen LogP contribution >= 0.6 is 11.3 Å². The van der Waals surface area contributed by atoms with E-state index in [1.165, 1.54) is 56.4 Å². The van der Waals surface area contributed by atoms with E-state index in [4.69, 9.17) is 4.98 Å². The van der Waals surface area contributed by atoms with Gasteiger partial charge >= 0.3 is 0 Å². The van der Waals surface area contributed by atoms with Gasteiger partial charge < -0.3 is 5.32 Å². The van der Waals surface area contributed by atoms with E-state index >= 15 is 0 Å². The van der Waals surface area contributed by atoms with Gasteiger partial charge in [0, 0.05) is 57.2 Å². The summed E-state index contributed by atoms with van der Waals surface area (Å²) in [6.45, 7) is 10.5. The SMILES string of the molecule is CCCc1nc(CN2CCN(C3CNC3)CC2)cs1. The summed E-state index contributed by atoms with van der Waals surface area (Å²) in [5, 5.41) is 6.91. The quantitative estimate of drug-likeness (QED) is 0.878. The topological polar surface area (TPSA) is 31.4 Å². The Bertz CT molecular complexity index is 394. The lowest BCUT2D eigenvalue weighted by Gasteiger charge is -2.43. The largest absolute Gasteiger partial charge is 0.314 e. The fourth-order valence-electron chi connectivity index (χ4n) is 2.80. The highest BCUT2D eigenvalue weighted by molar-refractivity contribution is 7.09. The van der Waals surface area contributed by atoms with Gasteiger partial charge in [-0.3, -0.25) is 9.80 Å². The second kappa shape index (κ2) is 6.31. The molecule has 1 aromatic rings. The third-order valence-corrected chi connectivity index (χ3v) is 5.09. The lowest BCUT2D eigenvalue weighted by molar-refractivity contribution is 0.0691. The molecule has 4 nitrogen and oxygen atoms in total. The van der Waals surface area contributed by atoms with Crippen molar-refractivity contribution in [3.05, 3.63) is 16.1 Å². The van der Waals surface area contributed by atoms with Gasteiger partial charge in [0.2, 0.25) is 0 Å². The molecule has 1 aromatic heterocycles. The maximum Gasteiger partial charge on any atom is 0.0928 e. The molecule has 2 fully saturated rings. The van der Waals surface area contributed by atoms with Crippen LogP contribution in [0.1, 0.15) is 24.0 Å². The number of piperazine rings is 1. The molecule has 2 aliphatic rings. The van der Waals surface area contributed by atoms with E-state index in [9.17, 15) is 0 Å². The number of nitrogens with zero attached hydrogens (tertiary/aromatic N) is 3. The number of aromatic nitrogens is 1. The predicted molar refractivity (Wildman–Crippen MR) is 79.6 cm³/mol. The number of hydrogen-bond acceptors (Lipinski definition) is 5. The Morgan fingerprint density at radius 1 is 1.32 bits per heavy atom. The molecular weight excluding hydrogens is 256 g/mol. The van der Waals surface area contributed by atoms with Crippen LogP contribution in [-0.4, -0.2) is 60.1 Å². The van der Waals surface area contributed by atoms with E-state index in [1.54, 1.807) is 0 Å². The molecule has 19 heavy (non-hydrogen) atoms. The highest BCUT2D eigenvalue weighted by Gasteiger charge is 2.27.